The topological polar surface area (TPSA) is 96.7 Å². The molecule has 1 amide bonds. The molecule has 0 bridgehead atoms. The quantitative estimate of drug-likeness (QED) is 0.739. The van der Waals surface area contributed by atoms with Gasteiger partial charge in [-0.25, -0.2) is 9.97 Å². The highest BCUT2D eigenvalue weighted by Gasteiger charge is 2.10. The molecule has 3 aromatic rings. The molecule has 0 saturated heterocycles. The molecule has 3 heterocycles. The van der Waals surface area contributed by atoms with Gasteiger partial charge in [-0.05, 0) is 12.1 Å². The van der Waals surface area contributed by atoms with E-state index in [-0.39, 0.29) is 12.3 Å². The number of furan rings is 1. The van der Waals surface area contributed by atoms with E-state index in [9.17, 15) is 4.79 Å². The number of carbonyl (C=O) groups excluding carboxylic acids is 1. The van der Waals surface area contributed by atoms with E-state index in [1.807, 2.05) is 11.4 Å². The van der Waals surface area contributed by atoms with Crippen LogP contribution in [0.25, 0.3) is 10.8 Å². The molecule has 0 aromatic carbocycles. The molecule has 0 aliphatic carbocycles. The number of nitrogens with one attached hydrogen (secondary N) is 2. The van der Waals surface area contributed by atoms with Gasteiger partial charge in [0.25, 0.3) is 0 Å². The zero-order chi connectivity index (χ0) is 13.8. The highest BCUT2D eigenvalue weighted by Crippen LogP contribution is 2.23. The van der Waals surface area contributed by atoms with Crippen LogP contribution in [0.2, 0.25) is 0 Å². The molecule has 0 atom stereocenters. The third kappa shape index (κ3) is 2.91. The van der Waals surface area contributed by atoms with Gasteiger partial charge in [0, 0.05) is 5.38 Å². The van der Waals surface area contributed by atoms with E-state index >= 15 is 0 Å². The molecule has 3 rings (SSSR count). The number of hydrogen-bond acceptors (Lipinski definition) is 6. The molecule has 0 aliphatic rings. The lowest BCUT2D eigenvalue weighted by molar-refractivity contribution is -0.120. The predicted molar refractivity (Wildman–Crippen MR) is 71.7 cm³/mol. The van der Waals surface area contributed by atoms with Crippen LogP contribution < -0.4 is 5.32 Å². The lowest BCUT2D eigenvalue weighted by Crippen LogP contribution is -2.25. The van der Waals surface area contributed by atoms with Crippen molar-refractivity contribution in [1.82, 2.24) is 25.5 Å². The Morgan fingerprint density at radius 2 is 2.45 bits per heavy atom. The van der Waals surface area contributed by atoms with E-state index in [0.29, 0.717) is 18.1 Å². The first-order valence-electron chi connectivity index (χ1n) is 5.90. The molecule has 0 fully saturated rings. The number of hydrogen-bond donors (Lipinski definition) is 2. The number of amides is 1. The molecular formula is C12H11N5O2S. The SMILES string of the molecule is O=C(Cc1csc(-c2ccco2)n1)NCc1ncn[nH]1. The van der Waals surface area contributed by atoms with Gasteiger partial charge in [0.05, 0.1) is 24.9 Å². The first-order valence-corrected chi connectivity index (χ1v) is 6.78. The Hall–Kier alpha value is -2.48. The number of rotatable bonds is 5. The summed E-state index contributed by atoms with van der Waals surface area (Å²) in [5.74, 6) is 1.22. The molecule has 7 nitrogen and oxygen atoms in total. The maximum atomic E-state index is 11.8. The summed E-state index contributed by atoms with van der Waals surface area (Å²) in [6.45, 7) is 0.327. The van der Waals surface area contributed by atoms with Crippen molar-refractivity contribution in [2.75, 3.05) is 0 Å². The van der Waals surface area contributed by atoms with Crippen molar-refractivity contribution in [3.05, 3.63) is 41.6 Å². The maximum absolute atomic E-state index is 11.8. The van der Waals surface area contributed by atoms with Crippen LogP contribution in [0.1, 0.15) is 11.5 Å². The Bertz CT molecular complexity index is 675. The van der Waals surface area contributed by atoms with Crippen LogP contribution in [-0.2, 0) is 17.8 Å². The largest absolute Gasteiger partial charge is 0.462 e. The van der Waals surface area contributed by atoms with Gasteiger partial charge in [-0.15, -0.1) is 11.3 Å². The van der Waals surface area contributed by atoms with Gasteiger partial charge in [-0.3, -0.25) is 9.89 Å². The van der Waals surface area contributed by atoms with Crippen LogP contribution in [0.4, 0.5) is 0 Å². The lowest BCUT2D eigenvalue weighted by atomic mass is 10.3. The highest BCUT2D eigenvalue weighted by atomic mass is 32.1. The Morgan fingerprint density at radius 3 is 3.20 bits per heavy atom. The van der Waals surface area contributed by atoms with Crippen molar-refractivity contribution in [2.24, 2.45) is 0 Å². The molecule has 0 aliphatic heterocycles. The van der Waals surface area contributed by atoms with E-state index < -0.39 is 0 Å². The third-order valence-corrected chi connectivity index (χ3v) is 3.45. The van der Waals surface area contributed by atoms with Crippen LogP contribution in [0.3, 0.4) is 0 Å². The molecule has 0 saturated carbocycles. The normalized spacial score (nSPS) is 10.6. The number of nitrogens with zero attached hydrogens (tertiary/aromatic N) is 3. The van der Waals surface area contributed by atoms with E-state index in [2.05, 4.69) is 25.5 Å². The fraction of sp³-hybridized carbons (Fsp3) is 0.167. The number of aromatic nitrogens is 4. The van der Waals surface area contributed by atoms with E-state index in [1.165, 1.54) is 17.7 Å². The molecule has 2 N–H and O–H groups in total. The van der Waals surface area contributed by atoms with Gasteiger partial charge in [-0.2, -0.15) is 5.10 Å². The summed E-state index contributed by atoms with van der Waals surface area (Å²) in [6, 6.07) is 3.65. The minimum Gasteiger partial charge on any atom is -0.462 e. The number of aromatic amines is 1. The smallest absolute Gasteiger partial charge is 0.226 e. The van der Waals surface area contributed by atoms with Crippen molar-refractivity contribution in [2.45, 2.75) is 13.0 Å². The molecule has 0 unspecified atom stereocenters. The van der Waals surface area contributed by atoms with Gasteiger partial charge in [-0.1, -0.05) is 0 Å². The second kappa shape index (κ2) is 5.66. The number of carbonyl (C=O) groups is 1. The monoisotopic (exact) mass is 289 g/mol. The first kappa shape index (κ1) is 12.5. The molecule has 102 valence electrons. The second-order valence-electron chi connectivity index (χ2n) is 4.01. The van der Waals surface area contributed by atoms with E-state index in [0.717, 1.165) is 10.7 Å². The standard InChI is InChI=1S/C12H11N5O2S/c18-11(13-5-10-14-7-15-17-10)4-8-6-20-12(16-8)9-2-1-3-19-9/h1-3,6-7H,4-5H2,(H,13,18)(H,14,15,17). The maximum Gasteiger partial charge on any atom is 0.226 e. The summed E-state index contributed by atoms with van der Waals surface area (Å²) >= 11 is 1.45. The molecule has 20 heavy (non-hydrogen) atoms. The van der Waals surface area contributed by atoms with Gasteiger partial charge in [0.15, 0.2) is 10.8 Å². The fourth-order valence-electron chi connectivity index (χ4n) is 1.63. The minimum absolute atomic E-state index is 0.113. The Kier molecular flexibility index (Phi) is 3.55. The molecular weight excluding hydrogens is 278 g/mol. The number of H-pyrrole nitrogens is 1. The van der Waals surface area contributed by atoms with Crippen molar-refractivity contribution >= 4 is 17.2 Å². The third-order valence-electron chi connectivity index (χ3n) is 2.54. The van der Waals surface area contributed by atoms with Crippen molar-refractivity contribution in [1.29, 1.82) is 0 Å². The van der Waals surface area contributed by atoms with Crippen molar-refractivity contribution in [3.63, 3.8) is 0 Å². The van der Waals surface area contributed by atoms with Crippen molar-refractivity contribution < 1.29 is 9.21 Å². The number of thiazole rings is 1. The zero-order valence-electron chi connectivity index (χ0n) is 10.4. The summed E-state index contributed by atoms with van der Waals surface area (Å²) in [5.41, 5.74) is 0.719. The average Bonchev–Trinajstić information content (AvgIpc) is 3.18. The van der Waals surface area contributed by atoms with Gasteiger partial charge >= 0.3 is 0 Å². The van der Waals surface area contributed by atoms with Gasteiger partial charge < -0.3 is 9.73 Å². The van der Waals surface area contributed by atoms with Crippen LogP contribution in [0.15, 0.2) is 34.5 Å². The summed E-state index contributed by atoms with van der Waals surface area (Å²) in [4.78, 5) is 20.1. The van der Waals surface area contributed by atoms with Crippen LogP contribution in [0, 0.1) is 0 Å². The van der Waals surface area contributed by atoms with E-state index in [1.54, 1.807) is 12.3 Å². The highest BCUT2D eigenvalue weighted by molar-refractivity contribution is 7.13. The van der Waals surface area contributed by atoms with Crippen LogP contribution in [-0.4, -0.2) is 26.1 Å². The predicted octanol–water partition coefficient (Wildman–Crippen LogP) is 1.38. The minimum atomic E-state index is -0.113. The molecule has 3 aromatic heterocycles. The Balaban J connectivity index is 1.56. The van der Waals surface area contributed by atoms with Crippen molar-refractivity contribution in [3.8, 4) is 10.8 Å². The van der Waals surface area contributed by atoms with Gasteiger partial charge in [0.2, 0.25) is 5.91 Å². The summed E-state index contributed by atoms with van der Waals surface area (Å²) in [7, 11) is 0. The molecule has 0 radical (unpaired) electrons. The fourth-order valence-corrected chi connectivity index (χ4v) is 2.41. The summed E-state index contributed by atoms with van der Waals surface area (Å²) < 4.78 is 5.26. The summed E-state index contributed by atoms with van der Waals surface area (Å²) in [6.07, 6.45) is 3.23. The Morgan fingerprint density at radius 1 is 1.50 bits per heavy atom. The van der Waals surface area contributed by atoms with Gasteiger partial charge in [0.1, 0.15) is 12.2 Å². The van der Waals surface area contributed by atoms with Crippen LogP contribution >= 0.6 is 11.3 Å². The zero-order valence-corrected chi connectivity index (χ0v) is 11.2. The summed E-state index contributed by atoms with van der Waals surface area (Å²) in [5, 5.41) is 11.8. The van der Waals surface area contributed by atoms with E-state index in [4.69, 9.17) is 4.42 Å². The molecule has 0 spiro atoms. The Labute approximate surface area is 118 Å². The molecule has 8 heteroatoms. The van der Waals surface area contributed by atoms with Crippen LogP contribution in [0.5, 0.6) is 0 Å². The second-order valence-corrected chi connectivity index (χ2v) is 4.87. The first-order chi connectivity index (χ1) is 9.81. The average molecular weight is 289 g/mol. The lowest BCUT2D eigenvalue weighted by Gasteiger charge is -2.00.